The number of thioether (sulfide) groups is 1. The lowest BCUT2D eigenvalue weighted by molar-refractivity contribution is -0.115. The van der Waals surface area contributed by atoms with Gasteiger partial charge < -0.3 is 24.8 Å². The van der Waals surface area contributed by atoms with Crippen molar-refractivity contribution >= 4 is 35.0 Å². The average molecular weight is 543 g/mol. The molecule has 0 fully saturated rings. The minimum atomic E-state index is -0.530. The van der Waals surface area contributed by atoms with E-state index in [1.807, 2.05) is 79.7 Å². The molecule has 200 valence electrons. The third kappa shape index (κ3) is 7.12. The van der Waals surface area contributed by atoms with Gasteiger partial charge in [0.25, 0.3) is 5.91 Å². The van der Waals surface area contributed by atoms with Crippen molar-refractivity contribution < 1.29 is 23.8 Å². The van der Waals surface area contributed by atoms with Crippen molar-refractivity contribution in [2.75, 3.05) is 31.5 Å². The van der Waals surface area contributed by atoms with E-state index in [4.69, 9.17) is 14.2 Å². The van der Waals surface area contributed by atoms with E-state index < -0.39 is 5.25 Å². The van der Waals surface area contributed by atoms with Gasteiger partial charge in [0.2, 0.25) is 5.91 Å². The van der Waals surface area contributed by atoms with Crippen molar-refractivity contribution in [3.63, 3.8) is 0 Å². The second-order valence-electron chi connectivity index (χ2n) is 8.37. The lowest BCUT2D eigenvalue weighted by Crippen LogP contribution is -2.19. The molecule has 4 aromatic rings. The number of hydrogen-bond acceptors (Lipinski definition) is 6. The van der Waals surface area contributed by atoms with E-state index in [1.54, 1.807) is 24.3 Å². The van der Waals surface area contributed by atoms with Crippen LogP contribution in [0.2, 0.25) is 0 Å². The molecular formula is C31H30N2O5S. The van der Waals surface area contributed by atoms with Crippen molar-refractivity contribution in [1.82, 2.24) is 0 Å². The fraction of sp³-hybridized carbons (Fsp3) is 0.161. The number of benzene rings is 4. The first-order valence-electron chi connectivity index (χ1n) is 12.4. The van der Waals surface area contributed by atoms with Gasteiger partial charge in [-0.15, -0.1) is 11.8 Å². The maximum Gasteiger partial charge on any atom is 0.263 e. The van der Waals surface area contributed by atoms with Gasteiger partial charge >= 0.3 is 0 Å². The molecule has 7 nitrogen and oxygen atoms in total. The molecule has 2 amide bonds. The average Bonchev–Trinajstić information content (AvgIpc) is 2.97. The van der Waals surface area contributed by atoms with Crippen molar-refractivity contribution in [2.24, 2.45) is 0 Å². The molecule has 8 heteroatoms. The van der Waals surface area contributed by atoms with Crippen LogP contribution in [0.1, 0.15) is 28.1 Å². The van der Waals surface area contributed by atoms with E-state index in [0.29, 0.717) is 35.0 Å². The number of rotatable bonds is 11. The van der Waals surface area contributed by atoms with Crippen LogP contribution < -0.4 is 24.8 Å². The summed E-state index contributed by atoms with van der Waals surface area (Å²) < 4.78 is 16.2. The van der Waals surface area contributed by atoms with E-state index >= 15 is 0 Å². The number of anilines is 2. The minimum absolute atomic E-state index is 0.163. The fourth-order valence-electron chi connectivity index (χ4n) is 3.96. The molecule has 0 aliphatic rings. The van der Waals surface area contributed by atoms with Crippen molar-refractivity contribution in [2.45, 2.75) is 17.1 Å². The quantitative estimate of drug-likeness (QED) is 0.202. The van der Waals surface area contributed by atoms with Crippen LogP contribution in [0.5, 0.6) is 17.2 Å². The van der Waals surface area contributed by atoms with Gasteiger partial charge in [-0.25, -0.2) is 0 Å². The molecule has 39 heavy (non-hydrogen) atoms. The molecule has 0 spiro atoms. The highest BCUT2D eigenvalue weighted by Gasteiger charge is 2.23. The molecule has 0 aliphatic carbocycles. The van der Waals surface area contributed by atoms with Gasteiger partial charge in [0.15, 0.2) is 0 Å². The van der Waals surface area contributed by atoms with Gasteiger partial charge in [-0.1, -0.05) is 42.5 Å². The van der Waals surface area contributed by atoms with Crippen LogP contribution >= 0.6 is 11.8 Å². The monoisotopic (exact) mass is 542 g/mol. The summed E-state index contributed by atoms with van der Waals surface area (Å²) in [6.45, 7) is 2.50. The zero-order chi connectivity index (χ0) is 27.6. The first-order valence-corrected chi connectivity index (χ1v) is 13.3. The summed E-state index contributed by atoms with van der Waals surface area (Å²) in [4.78, 5) is 27.4. The van der Waals surface area contributed by atoms with Gasteiger partial charge in [0.1, 0.15) is 28.1 Å². The summed E-state index contributed by atoms with van der Waals surface area (Å²) in [6, 6.07) is 29.4. The third-order valence-corrected chi connectivity index (χ3v) is 7.02. The first-order chi connectivity index (χ1) is 19.0. The lowest BCUT2D eigenvalue weighted by atomic mass is 10.1. The second kappa shape index (κ2) is 13.4. The summed E-state index contributed by atoms with van der Waals surface area (Å²) in [6.07, 6.45) is 0. The van der Waals surface area contributed by atoms with Crippen LogP contribution in [-0.4, -0.2) is 32.6 Å². The summed E-state index contributed by atoms with van der Waals surface area (Å²) in [5, 5.41) is 5.40. The SMILES string of the molecule is CCOc1ccc(NC(=O)C(Sc2cccc(NC(=O)c3c(OC)cccc3OC)c2)c2ccccc2)cc1. The molecule has 0 aromatic heterocycles. The molecule has 4 aromatic carbocycles. The van der Waals surface area contributed by atoms with Crippen LogP contribution in [0.25, 0.3) is 0 Å². The number of ether oxygens (including phenoxy) is 3. The number of carbonyl (C=O) groups excluding carboxylic acids is 2. The molecule has 4 rings (SSSR count). The Morgan fingerprint density at radius 2 is 1.44 bits per heavy atom. The summed E-state index contributed by atoms with van der Waals surface area (Å²) in [7, 11) is 3.01. The molecule has 0 saturated carbocycles. The molecule has 1 unspecified atom stereocenters. The smallest absolute Gasteiger partial charge is 0.263 e. The minimum Gasteiger partial charge on any atom is -0.496 e. The molecule has 0 heterocycles. The van der Waals surface area contributed by atoms with Crippen molar-refractivity contribution in [1.29, 1.82) is 0 Å². The number of hydrogen-bond donors (Lipinski definition) is 2. The Morgan fingerprint density at radius 1 is 0.769 bits per heavy atom. The largest absolute Gasteiger partial charge is 0.496 e. The molecular weight excluding hydrogens is 512 g/mol. The van der Waals surface area contributed by atoms with Crippen molar-refractivity contribution in [3.8, 4) is 17.2 Å². The zero-order valence-electron chi connectivity index (χ0n) is 22.0. The van der Waals surface area contributed by atoms with Crippen LogP contribution in [0, 0.1) is 0 Å². The van der Waals surface area contributed by atoms with Gasteiger partial charge in [-0.05, 0) is 67.1 Å². The predicted octanol–water partition coefficient (Wildman–Crippen LogP) is 6.83. The van der Waals surface area contributed by atoms with Gasteiger partial charge in [0, 0.05) is 16.3 Å². The van der Waals surface area contributed by atoms with E-state index in [1.165, 1.54) is 26.0 Å². The highest BCUT2D eigenvalue weighted by Crippen LogP contribution is 2.37. The topological polar surface area (TPSA) is 85.9 Å². The van der Waals surface area contributed by atoms with E-state index in [9.17, 15) is 9.59 Å². The second-order valence-corrected chi connectivity index (χ2v) is 9.55. The summed E-state index contributed by atoms with van der Waals surface area (Å²) in [5.74, 6) is 1.04. The highest BCUT2D eigenvalue weighted by atomic mass is 32.2. The van der Waals surface area contributed by atoms with Crippen LogP contribution in [0.15, 0.2) is 102 Å². The molecule has 0 radical (unpaired) electrons. The van der Waals surface area contributed by atoms with Gasteiger partial charge in [-0.2, -0.15) is 0 Å². The Morgan fingerprint density at radius 3 is 2.08 bits per heavy atom. The Bertz CT molecular complexity index is 1390. The molecule has 1 atom stereocenters. The van der Waals surface area contributed by atoms with E-state index in [-0.39, 0.29) is 11.8 Å². The zero-order valence-corrected chi connectivity index (χ0v) is 22.8. The Kier molecular flexibility index (Phi) is 9.48. The lowest BCUT2D eigenvalue weighted by Gasteiger charge is -2.18. The van der Waals surface area contributed by atoms with Gasteiger partial charge in [0.05, 0.1) is 20.8 Å². The Labute approximate surface area is 232 Å². The molecule has 0 saturated heterocycles. The number of nitrogens with one attached hydrogen (secondary N) is 2. The van der Waals surface area contributed by atoms with E-state index in [2.05, 4.69) is 10.6 Å². The first kappa shape index (κ1) is 27.6. The number of methoxy groups -OCH3 is 2. The number of amides is 2. The van der Waals surface area contributed by atoms with Crippen molar-refractivity contribution in [3.05, 3.63) is 108 Å². The predicted molar refractivity (Wildman–Crippen MR) is 155 cm³/mol. The highest BCUT2D eigenvalue weighted by molar-refractivity contribution is 8.00. The summed E-state index contributed by atoms with van der Waals surface area (Å²) >= 11 is 1.40. The Balaban J connectivity index is 1.54. The molecule has 0 bridgehead atoms. The van der Waals surface area contributed by atoms with Gasteiger partial charge in [-0.3, -0.25) is 9.59 Å². The fourth-order valence-corrected chi connectivity index (χ4v) is 5.05. The summed E-state index contributed by atoms with van der Waals surface area (Å²) in [5.41, 5.74) is 2.42. The van der Waals surface area contributed by atoms with Crippen LogP contribution in [0.4, 0.5) is 11.4 Å². The maximum absolute atomic E-state index is 13.5. The third-order valence-electron chi connectivity index (χ3n) is 5.77. The molecule has 2 N–H and O–H groups in total. The van der Waals surface area contributed by atoms with Crippen LogP contribution in [-0.2, 0) is 4.79 Å². The standard InChI is InChI=1S/C31H30N2O5S/c1-4-38-24-18-16-22(17-19-24)32-31(35)29(21-10-6-5-7-11-21)39-25-13-8-12-23(20-25)33-30(34)28-26(36-2)14-9-15-27(28)37-3/h5-20,29H,4H2,1-3H3,(H,32,35)(H,33,34). The Hall–Kier alpha value is -4.43. The normalized spacial score (nSPS) is 11.3. The molecule has 0 aliphatic heterocycles. The number of carbonyl (C=O) groups is 2. The van der Waals surface area contributed by atoms with Crippen LogP contribution in [0.3, 0.4) is 0 Å². The van der Waals surface area contributed by atoms with E-state index in [0.717, 1.165) is 16.2 Å². The maximum atomic E-state index is 13.5.